The first-order valence-electron chi connectivity index (χ1n) is 2.91. The van der Waals surface area contributed by atoms with Crippen molar-refractivity contribution in [3.05, 3.63) is 18.6 Å². The highest BCUT2D eigenvalue weighted by molar-refractivity contribution is 5.72. The van der Waals surface area contributed by atoms with Crippen molar-refractivity contribution in [2.75, 3.05) is 5.73 Å². The SMILES string of the molecule is Nc1n[nH]cc2cncc1-2. The van der Waals surface area contributed by atoms with E-state index in [0.29, 0.717) is 5.82 Å². The lowest BCUT2D eigenvalue weighted by atomic mass is 10.2. The first-order valence-corrected chi connectivity index (χ1v) is 2.91. The van der Waals surface area contributed by atoms with Crippen molar-refractivity contribution in [1.82, 2.24) is 15.2 Å². The molecule has 0 saturated heterocycles. The summed E-state index contributed by atoms with van der Waals surface area (Å²) in [6.45, 7) is 0. The zero-order valence-corrected chi connectivity index (χ0v) is 5.20. The van der Waals surface area contributed by atoms with E-state index in [9.17, 15) is 0 Å². The van der Waals surface area contributed by atoms with E-state index in [0.717, 1.165) is 11.1 Å². The molecule has 0 amide bonds. The minimum absolute atomic E-state index is 0.495. The van der Waals surface area contributed by atoms with E-state index in [2.05, 4.69) is 15.2 Å². The van der Waals surface area contributed by atoms with Gasteiger partial charge in [0.25, 0.3) is 0 Å². The summed E-state index contributed by atoms with van der Waals surface area (Å²) in [6.07, 6.45) is 5.20. The highest BCUT2D eigenvalue weighted by atomic mass is 15.1. The second kappa shape index (κ2) is 1.70. The molecule has 2 aliphatic rings. The highest BCUT2D eigenvalue weighted by Gasteiger charge is 2.05. The summed E-state index contributed by atoms with van der Waals surface area (Å²) in [5.41, 5.74) is 7.41. The van der Waals surface area contributed by atoms with Crippen LogP contribution < -0.4 is 5.73 Å². The summed E-state index contributed by atoms with van der Waals surface area (Å²) < 4.78 is 0. The van der Waals surface area contributed by atoms with Crippen LogP contribution in [0.25, 0.3) is 11.1 Å². The van der Waals surface area contributed by atoms with Crippen LogP contribution in [0.2, 0.25) is 0 Å². The van der Waals surface area contributed by atoms with Gasteiger partial charge < -0.3 is 5.73 Å². The number of nitrogens with one attached hydrogen (secondary N) is 1. The van der Waals surface area contributed by atoms with Crippen LogP contribution in [0, 0.1) is 0 Å². The molecule has 0 unspecified atom stereocenters. The third-order valence-electron chi connectivity index (χ3n) is 1.41. The Hall–Kier alpha value is -1.58. The summed E-state index contributed by atoms with van der Waals surface area (Å²) >= 11 is 0. The van der Waals surface area contributed by atoms with Gasteiger partial charge in [0.05, 0.1) is 0 Å². The number of nitrogens with two attached hydrogens (primary N) is 1. The van der Waals surface area contributed by atoms with E-state index in [1.807, 2.05) is 0 Å². The third-order valence-corrected chi connectivity index (χ3v) is 1.41. The van der Waals surface area contributed by atoms with E-state index in [4.69, 9.17) is 5.73 Å². The molecule has 2 heterocycles. The van der Waals surface area contributed by atoms with Crippen LogP contribution >= 0.6 is 0 Å². The fourth-order valence-corrected chi connectivity index (χ4v) is 0.897. The molecule has 0 aliphatic carbocycles. The van der Waals surface area contributed by atoms with Crippen LogP contribution in [0.3, 0.4) is 0 Å². The zero-order chi connectivity index (χ0) is 6.97. The molecule has 0 aromatic carbocycles. The number of hydrogen-bond acceptors (Lipinski definition) is 3. The number of aromatic nitrogens is 3. The maximum Gasteiger partial charge on any atom is 0.153 e. The lowest BCUT2D eigenvalue weighted by Crippen LogP contribution is -1.94. The van der Waals surface area contributed by atoms with Crippen molar-refractivity contribution < 1.29 is 0 Å². The molecule has 0 saturated carbocycles. The summed E-state index contributed by atoms with van der Waals surface area (Å²) in [7, 11) is 0. The quantitative estimate of drug-likeness (QED) is 0.551. The van der Waals surface area contributed by atoms with Crippen molar-refractivity contribution in [2.24, 2.45) is 0 Å². The molecule has 0 radical (unpaired) electrons. The second-order valence-corrected chi connectivity index (χ2v) is 2.05. The Morgan fingerprint density at radius 1 is 1.40 bits per heavy atom. The van der Waals surface area contributed by atoms with E-state index >= 15 is 0 Å². The molecule has 3 N–H and O–H groups in total. The van der Waals surface area contributed by atoms with E-state index in [1.54, 1.807) is 18.6 Å². The van der Waals surface area contributed by atoms with Gasteiger partial charge in [-0.3, -0.25) is 10.1 Å². The van der Waals surface area contributed by atoms with E-state index < -0.39 is 0 Å². The predicted molar refractivity (Wildman–Crippen MR) is 37.4 cm³/mol. The van der Waals surface area contributed by atoms with Gasteiger partial charge in [0.1, 0.15) is 0 Å². The molecule has 2 aliphatic heterocycles. The lowest BCUT2D eigenvalue weighted by molar-refractivity contribution is 1.05. The van der Waals surface area contributed by atoms with Gasteiger partial charge in [-0.2, -0.15) is 5.10 Å². The minimum Gasteiger partial charge on any atom is -0.382 e. The molecule has 0 aromatic heterocycles. The molecular formula is C6H6N4. The van der Waals surface area contributed by atoms with Crippen LogP contribution in [0.5, 0.6) is 0 Å². The lowest BCUT2D eigenvalue weighted by Gasteiger charge is -1.97. The van der Waals surface area contributed by atoms with Crippen LogP contribution in [0.1, 0.15) is 0 Å². The molecular weight excluding hydrogens is 128 g/mol. The number of aromatic amines is 1. The Morgan fingerprint density at radius 2 is 2.30 bits per heavy atom. The zero-order valence-electron chi connectivity index (χ0n) is 5.20. The standard InChI is InChI=1S/C6H6N4/c7-6-5-3-8-1-4(5)2-9-10-6/h1-3,9H,(H2,7,10). The molecule has 10 heavy (non-hydrogen) atoms. The number of hydrogen-bond donors (Lipinski definition) is 2. The maximum atomic E-state index is 5.52. The molecule has 50 valence electrons. The average molecular weight is 134 g/mol. The largest absolute Gasteiger partial charge is 0.382 e. The summed E-state index contributed by atoms with van der Waals surface area (Å²) in [6, 6.07) is 0. The molecule has 4 nitrogen and oxygen atoms in total. The monoisotopic (exact) mass is 134 g/mol. The average Bonchev–Trinajstić information content (AvgIpc) is 2.36. The molecule has 2 rings (SSSR count). The van der Waals surface area contributed by atoms with Crippen molar-refractivity contribution in [3.8, 4) is 11.1 Å². The smallest absolute Gasteiger partial charge is 0.153 e. The predicted octanol–water partition coefficient (Wildman–Crippen LogP) is 0.492. The Morgan fingerprint density at radius 3 is 3.10 bits per heavy atom. The Kier molecular flexibility index (Phi) is 0.887. The number of rotatable bonds is 0. The van der Waals surface area contributed by atoms with Gasteiger partial charge in [-0.15, -0.1) is 0 Å². The molecule has 0 bridgehead atoms. The Balaban J connectivity index is 2.80. The fraction of sp³-hybridized carbons (Fsp3) is 0. The highest BCUT2D eigenvalue weighted by Crippen LogP contribution is 2.22. The van der Waals surface area contributed by atoms with Crippen LogP contribution in [0.4, 0.5) is 5.82 Å². The molecule has 0 fully saturated rings. The first-order chi connectivity index (χ1) is 4.88. The van der Waals surface area contributed by atoms with E-state index in [-0.39, 0.29) is 0 Å². The number of nitrogens with zero attached hydrogens (tertiary/aromatic N) is 2. The second-order valence-electron chi connectivity index (χ2n) is 2.05. The number of fused-ring (bicyclic) bond motifs is 1. The Labute approximate surface area is 57.4 Å². The van der Waals surface area contributed by atoms with Crippen LogP contribution in [0.15, 0.2) is 18.6 Å². The first kappa shape index (κ1) is 5.22. The van der Waals surface area contributed by atoms with Gasteiger partial charge in [0, 0.05) is 29.7 Å². The number of anilines is 1. The molecule has 4 heteroatoms. The maximum absolute atomic E-state index is 5.52. The van der Waals surface area contributed by atoms with Crippen LogP contribution in [-0.2, 0) is 0 Å². The third kappa shape index (κ3) is 0.556. The summed E-state index contributed by atoms with van der Waals surface area (Å²) in [4.78, 5) is 3.92. The van der Waals surface area contributed by atoms with Crippen molar-refractivity contribution in [2.45, 2.75) is 0 Å². The van der Waals surface area contributed by atoms with E-state index in [1.165, 1.54) is 0 Å². The number of H-pyrrole nitrogens is 1. The molecule has 0 spiro atoms. The minimum atomic E-state index is 0.495. The summed E-state index contributed by atoms with van der Waals surface area (Å²) in [5, 5.41) is 6.47. The molecule has 0 aromatic rings. The Bertz CT molecular complexity index is 314. The fourth-order valence-electron chi connectivity index (χ4n) is 0.897. The topological polar surface area (TPSA) is 67.6 Å². The normalized spacial score (nSPS) is 10.4. The van der Waals surface area contributed by atoms with Gasteiger partial charge >= 0.3 is 0 Å². The van der Waals surface area contributed by atoms with Crippen molar-refractivity contribution in [1.29, 1.82) is 0 Å². The van der Waals surface area contributed by atoms with Gasteiger partial charge in [-0.1, -0.05) is 0 Å². The van der Waals surface area contributed by atoms with Gasteiger partial charge in [0.2, 0.25) is 0 Å². The van der Waals surface area contributed by atoms with Gasteiger partial charge in [-0.25, -0.2) is 0 Å². The summed E-state index contributed by atoms with van der Waals surface area (Å²) in [5.74, 6) is 0.495. The molecule has 0 atom stereocenters. The number of nitrogen functional groups attached to an aromatic ring is 1. The van der Waals surface area contributed by atoms with Gasteiger partial charge in [-0.05, 0) is 0 Å². The van der Waals surface area contributed by atoms with Crippen LogP contribution in [-0.4, -0.2) is 15.2 Å². The van der Waals surface area contributed by atoms with Crippen molar-refractivity contribution >= 4 is 5.82 Å². The van der Waals surface area contributed by atoms with Gasteiger partial charge in [0.15, 0.2) is 5.82 Å². The van der Waals surface area contributed by atoms with Crippen molar-refractivity contribution in [3.63, 3.8) is 0 Å².